The van der Waals surface area contributed by atoms with Crippen molar-refractivity contribution >= 4 is 12.4 Å². The van der Waals surface area contributed by atoms with Gasteiger partial charge in [-0.25, -0.2) is 0 Å². The van der Waals surface area contributed by atoms with Crippen LogP contribution in [0.4, 0.5) is 0 Å². The van der Waals surface area contributed by atoms with E-state index in [0.29, 0.717) is 0 Å². The maximum Gasteiger partial charge on any atom is 0.0202 e. The molecule has 0 unspecified atom stereocenters. The molecule has 1 N–H and O–H groups in total. The van der Waals surface area contributed by atoms with Gasteiger partial charge in [-0.05, 0) is 19.5 Å². The van der Waals surface area contributed by atoms with E-state index in [1.807, 2.05) is 7.05 Å². The van der Waals surface area contributed by atoms with Crippen molar-refractivity contribution in [3.8, 4) is 0 Å². The second-order valence-electron chi connectivity index (χ2n) is 2.52. The lowest BCUT2D eigenvalue weighted by Crippen LogP contribution is -2.04. The summed E-state index contributed by atoms with van der Waals surface area (Å²) in [5.41, 5.74) is 2.66. The van der Waals surface area contributed by atoms with E-state index in [1.54, 1.807) is 0 Å². The zero-order chi connectivity index (χ0) is 7.40. The van der Waals surface area contributed by atoms with Crippen LogP contribution in [0.1, 0.15) is 11.1 Å². The predicted octanol–water partition coefficient (Wildman–Crippen LogP) is 2.14. The molecule has 1 rings (SSSR count). The molecular formula is C9H14ClN. The molecule has 1 aromatic carbocycles. The van der Waals surface area contributed by atoms with Gasteiger partial charge < -0.3 is 5.32 Å². The molecule has 0 fully saturated rings. The minimum Gasteiger partial charge on any atom is -0.316 e. The van der Waals surface area contributed by atoms with Gasteiger partial charge in [-0.15, -0.1) is 12.4 Å². The number of halogens is 1. The maximum atomic E-state index is 3.10. The van der Waals surface area contributed by atoms with E-state index in [0.717, 1.165) is 6.54 Å². The summed E-state index contributed by atoms with van der Waals surface area (Å²) in [4.78, 5) is 0. The topological polar surface area (TPSA) is 12.0 Å². The smallest absolute Gasteiger partial charge is 0.0202 e. The minimum absolute atomic E-state index is 0. The summed E-state index contributed by atoms with van der Waals surface area (Å²) in [6.45, 7) is 3.06. The Morgan fingerprint density at radius 2 is 1.73 bits per heavy atom. The lowest BCUT2D eigenvalue weighted by molar-refractivity contribution is 0.817. The van der Waals surface area contributed by atoms with Crippen molar-refractivity contribution in [3.63, 3.8) is 0 Å². The van der Waals surface area contributed by atoms with Crippen LogP contribution in [-0.2, 0) is 6.54 Å². The summed E-state index contributed by atoms with van der Waals surface area (Å²) in [5.74, 6) is 0. The fourth-order valence-electron chi connectivity index (χ4n) is 0.910. The van der Waals surface area contributed by atoms with Crippen LogP contribution in [-0.4, -0.2) is 7.05 Å². The van der Waals surface area contributed by atoms with Gasteiger partial charge in [0, 0.05) is 6.54 Å². The van der Waals surface area contributed by atoms with Crippen LogP contribution in [0.25, 0.3) is 0 Å². The third kappa shape index (κ3) is 3.40. The standard InChI is InChI=1S/C9H13N.ClH/c1-8-3-5-9(6-4-8)7-10-2;/h3-6,10H,7H2,1-2H3;1H. The Bertz CT molecular complexity index is 193. The highest BCUT2D eigenvalue weighted by atomic mass is 35.5. The van der Waals surface area contributed by atoms with Gasteiger partial charge in [0.25, 0.3) is 0 Å². The predicted molar refractivity (Wildman–Crippen MR) is 51.2 cm³/mol. The normalized spacial score (nSPS) is 8.91. The molecule has 0 heterocycles. The molecule has 0 aromatic heterocycles. The van der Waals surface area contributed by atoms with Crippen molar-refractivity contribution in [2.75, 3.05) is 7.05 Å². The molecular weight excluding hydrogens is 158 g/mol. The van der Waals surface area contributed by atoms with Crippen LogP contribution in [0, 0.1) is 6.92 Å². The lowest BCUT2D eigenvalue weighted by Gasteiger charge is -1.98. The molecule has 2 heteroatoms. The van der Waals surface area contributed by atoms with Crippen LogP contribution in [0.5, 0.6) is 0 Å². The molecule has 0 saturated carbocycles. The van der Waals surface area contributed by atoms with Crippen molar-refractivity contribution in [2.45, 2.75) is 13.5 Å². The second kappa shape index (κ2) is 5.16. The molecule has 0 saturated heterocycles. The molecule has 0 amide bonds. The summed E-state index contributed by atoms with van der Waals surface area (Å²) in [5, 5.41) is 3.10. The van der Waals surface area contributed by atoms with E-state index in [9.17, 15) is 0 Å². The average molecular weight is 172 g/mol. The van der Waals surface area contributed by atoms with Gasteiger partial charge in [-0.2, -0.15) is 0 Å². The number of benzene rings is 1. The van der Waals surface area contributed by atoms with Crippen molar-refractivity contribution in [1.82, 2.24) is 5.32 Å². The average Bonchev–Trinajstić information content (AvgIpc) is 1.95. The minimum atomic E-state index is 0. The van der Waals surface area contributed by atoms with Gasteiger partial charge >= 0.3 is 0 Å². The molecule has 0 aliphatic carbocycles. The number of nitrogens with one attached hydrogen (secondary N) is 1. The zero-order valence-electron chi connectivity index (χ0n) is 6.92. The molecule has 0 atom stereocenters. The largest absolute Gasteiger partial charge is 0.316 e. The number of hydrogen-bond donors (Lipinski definition) is 1. The van der Waals surface area contributed by atoms with Crippen LogP contribution in [0.15, 0.2) is 24.3 Å². The van der Waals surface area contributed by atoms with Crippen LogP contribution in [0.2, 0.25) is 0 Å². The molecule has 62 valence electrons. The molecule has 0 bridgehead atoms. The summed E-state index contributed by atoms with van der Waals surface area (Å²) in [6.07, 6.45) is 0. The van der Waals surface area contributed by atoms with Crippen molar-refractivity contribution in [1.29, 1.82) is 0 Å². The highest BCUT2D eigenvalue weighted by molar-refractivity contribution is 5.85. The first kappa shape index (κ1) is 10.5. The van der Waals surface area contributed by atoms with E-state index in [4.69, 9.17) is 0 Å². The molecule has 1 aromatic rings. The fourth-order valence-corrected chi connectivity index (χ4v) is 0.910. The Balaban J connectivity index is 0.000001000. The Morgan fingerprint density at radius 3 is 2.18 bits per heavy atom. The third-order valence-corrected chi connectivity index (χ3v) is 1.50. The zero-order valence-corrected chi connectivity index (χ0v) is 7.74. The Morgan fingerprint density at radius 1 is 1.18 bits per heavy atom. The number of hydrogen-bond acceptors (Lipinski definition) is 1. The van der Waals surface area contributed by atoms with Crippen molar-refractivity contribution in [2.24, 2.45) is 0 Å². The highest BCUT2D eigenvalue weighted by Crippen LogP contribution is 2.01. The van der Waals surface area contributed by atoms with E-state index in [2.05, 4.69) is 36.5 Å². The Hall–Kier alpha value is -0.530. The first-order valence-corrected chi connectivity index (χ1v) is 3.53. The molecule has 0 spiro atoms. The van der Waals surface area contributed by atoms with E-state index in [-0.39, 0.29) is 12.4 Å². The molecule has 1 nitrogen and oxygen atoms in total. The van der Waals surface area contributed by atoms with Gasteiger partial charge in [-0.3, -0.25) is 0 Å². The highest BCUT2D eigenvalue weighted by Gasteiger charge is 1.87. The van der Waals surface area contributed by atoms with Gasteiger partial charge in [0.2, 0.25) is 0 Å². The van der Waals surface area contributed by atoms with E-state index < -0.39 is 0 Å². The Kier molecular flexibility index (Phi) is 4.92. The van der Waals surface area contributed by atoms with Gasteiger partial charge in [-0.1, -0.05) is 29.8 Å². The van der Waals surface area contributed by atoms with Crippen LogP contribution in [0.3, 0.4) is 0 Å². The number of rotatable bonds is 2. The van der Waals surface area contributed by atoms with Crippen LogP contribution >= 0.6 is 12.4 Å². The quantitative estimate of drug-likeness (QED) is 0.719. The van der Waals surface area contributed by atoms with E-state index in [1.165, 1.54) is 11.1 Å². The fraction of sp³-hybridized carbons (Fsp3) is 0.333. The molecule has 0 aliphatic heterocycles. The summed E-state index contributed by atoms with van der Waals surface area (Å²) in [6, 6.07) is 8.55. The van der Waals surface area contributed by atoms with Gasteiger partial charge in [0.1, 0.15) is 0 Å². The van der Waals surface area contributed by atoms with Crippen molar-refractivity contribution < 1.29 is 0 Å². The summed E-state index contributed by atoms with van der Waals surface area (Å²) in [7, 11) is 1.96. The van der Waals surface area contributed by atoms with Gasteiger partial charge in [0.05, 0.1) is 0 Å². The first-order valence-electron chi connectivity index (χ1n) is 3.53. The molecule has 0 aliphatic rings. The van der Waals surface area contributed by atoms with Gasteiger partial charge in [0.15, 0.2) is 0 Å². The summed E-state index contributed by atoms with van der Waals surface area (Å²) >= 11 is 0. The maximum absolute atomic E-state index is 3.10. The molecule has 0 radical (unpaired) electrons. The lowest BCUT2D eigenvalue weighted by atomic mass is 10.1. The van der Waals surface area contributed by atoms with Crippen LogP contribution < -0.4 is 5.32 Å². The summed E-state index contributed by atoms with van der Waals surface area (Å²) < 4.78 is 0. The second-order valence-corrected chi connectivity index (χ2v) is 2.52. The van der Waals surface area contributed by atoms with E-state index >= 15 is 0 Å². The SMILES string of the molecule is CNCc1ccc(C)cc1.Cl. The third-order valence-electron chi connectivity index (χ3n) is 1.50. The molecule has 11 heavy (non-hydrogen) atoms. The first-order chi connectivity index (χ1) is 4.83. The number of aryl methyl sites for hydroxylation is 1. The van der Waals surface area contributed by atoms with Crippen molar-refractivity contribution in [3.05, 3.63) is 35.4 Å². The monoisotopic (exact) mass is 171 g/mol. The Labute approximate surface area is 74.2 Å².